The summed E-state index contributed by atoms with van der Waals surface area (Å²) in [4.78, 5) is 4.23. The predicted octanol–water partition coefficient (Wildman–Crippen LogP) is 2.75. The van der Waals surface area contributed by atoms with Crippen LogP contribution in [0.25, 0.3) is 0 Å². The maximum Gasteiger partial charge on any atom is 0.264 e. The molecule has 0 N–H and O–H groups in total. The first-order valence-corrected chi connectivity index (χ1v) is 6.44. The fourth-order valence-electron chi connectivity index (χ4n) is 1.63. The van der Waals surface area contributed by atoms with Gasteiger partial charge >= 0.3 is 0 Å². The van der Waals surface area contributed by atoms with Gasteiger partial charge in [-0.25, -0.2) is 0 Å². The van der Waals surface area contributed by atoms with Crippen LogP contribution in [0, 0.1) is 0 Å². The highest BCUT2D eigenvalue weighted by atomic mass is 16.5. The van der Waals surface area contributed by atoms with E-state index in [-0.39, 0.29) is 12.7 Å². The zero-order valence-corrected chi connectivity index (χ0v) is 11.8. The Balaban J connectivity index is 1.90. The average Bonchev–Trinajstić information content (AvgIpc) is 2.95. The van der Waals surface area contributed by atoms with Crippen molar-refractivity contribution in [1.29, 1.82) is 0 Å². The predicted molar refractivity (Wildman–Crippen MR) is 71.7 cm³/mol. The highest BCUT2D eigenvalue weighted by Gasteiger charge is 2.13. The van der Waals surface area contributed by atoms with Crippen LogP contribution in [0.3, 0.4) is 0 Å². The maximum absolute atomic E-state index is 5.55. The van der Waals surface area contributed by atoms with Crippen LogP contribution in [0.5, 0.6) is 11.5 Å². The summed E-state index contributed by atoms with van der Waals surface area (Å²) < 4.78 is 21.1. The number of aromatic nitrogens is 2. The summed E-state index contributed by atoms with van der Waals surface area (Å²) >= 11 is 0. The van der Waals surface area contributed by atoms with Crippen LogP contribution >= 0.6 is 0 Å². The normalized spacial score (nSPS) is 12.2. The van der Waals surface area contributed by atoms with E-state index in [0.29, 0.717) is 24.1 Å². The van der Waals surface area contributed by atoms with Gasteiger partial charge in [-0.1, -0.05) is 5.16 Å². The molecule has 0 spiro atoms. The van der Waals surface area contributed by atoms with Crippen molar-refractivity contribution in [2.24, 2.45) is 0 Å². The van der Waals surface area contributed by atoms with E-state index in [2.05, 4.69) is 10.1 Å². The lowest BCUT2D eigenvalue weighted by Gasteiger charge is -2.05. The van der Waals surface area contributed by atoms with Crippen molar-refractivity contribution >= 4 is 0 Å². The van der Waals surface area contributed by atoms with Crippen LogP contribution in [-0.4, -0.2) is 23.9 Å². The Bertz CT molecular complexity index is 524. The van der Waals surface area contributed by atoms with Gasteiger partial charge in [-0.15, -0.1) is 0 Å². The van der Waals surface area contributed by atoms with E-state index in [0.717, 1.165) is 5.75 Å². The van der Waals surface area contributed by atoms with Gasteiger partial charge in [0.2, 0.25) is 0 Å². The van der Waals surface area contributed by atoms with Gasteiger partial charge in [0, 0.05) is 6.61 Å². The molecule has 1 atom stereocenters. The molecule has 0 unspecified atom stereocenters. The smallest absolute Gasteiger partial charge is 0.264 e. The van der Waals surface area contributed by atoms with Gasteiger partial charge in [-0.3, -0.25) is 0 Å². The minimum Gasteiger partial charge on any atom is -0.497 e. The zero-order chi connectivity index (χ0) is 14.4. The van der Waals surface area contributed by atoms with Crippen molar-refractivity contribution in [2.45, 2.75) is 26.6 Å². The second-order valence-electron chi connectivity index (χ2n) is 4.11. The van der Waals surface area contributed by atoms with Crippen molar-refractivity contribution in [3.8, 4) is 11.5 Å². The third-order valence-electron chi connectivity index (χ3n) is 2.69. The summed E-state index contributed by atoms with van der Waals surface area (Å²) in [6, 6.07) is 7.29. The highest BCUT2D eigenvalue weighted by Crippen LogP contribution is 2.18. The van der Waals surface area contributed by atoms with Gasteiger partial charge in [0.15, 0.2) is 12.4 Å². The van der Waals surface area contributed by atoms with Gasteiger partial charge in [0.05, 0.1) is 7.11 Å². The minimum absolute atomic E-state index is 0.182. The molecule has 1 heterocycles. The van der Waals surface area contributed by atoms with Crippen molar-refractivity contribution < 1.29 is 18.7 Å². The molecule has 0 radical (unpaired) electrons. The summed E-state index contributed by atoms with van der Waals surface area (Å²) in [6.45, 7) is 4.62. The van der Waals surface area contributed by atoms with Crippen LogP contribution in [-0.2, 0) is 11.3 Å². The largest absolute Gasteiger partial charge is 0.497 e. The molecule has 0 saturated carbocycles. The summed E-state index contributed by atoms with van der Waals surface area (Å²) in [6.07, 6.45) is -0.182. The van der Waals surface area contributed by atoms with Crippen LogP contribution in [0.1, 0.15) is 31.7 Å². The number of hydrogen-bond acceptors (Lipinski definition) is 6. The Hall–Kier alpha value is -2.08. The SMILES string of the molecule is CCO[C@@H](C)c1noc(COc2ccc(OC)cc2)n1. The Labute approximate surface area is 117 Å². The van der Waals surface area contributed by atoms with Gasteiger partial charge in [0.25, 0.3) is 5.89 Å². The Morgan fingerprint density at radius 1 is 1.20 bits per heavy atom. The molecule has 108 valence electrons. The third kappa shape index (κ3) is 3.71. The molecule has 0 aliphatic carbocycles. The fraction of sp³-hybridized carbons (Fsp3) is 0.429. The lowest BCUT2D eigenvalue weighted by atomic mass is 10.3. The highest BCUT2D eigenvalue weighted by molar-refractivity contribution is 5.31. The maximum atomic E-state index is 5.55. The molecule has 0 bridgehead atoms. The second kappa shape index (κ2) is 6.91. The summed E-state index contributed by atoms with van der Waals surface area (Å²) in [5.41, 5.74) is 0. The number of benzene rings is 1. The number of rotatable bonds is 7. The molecule has 0 aliphatic heterocycles. The Morgan fingerprint density at radius 2 is 1.90 bits per heavy atom. The molecule has 0 aliphatic rings. The van der Waals surface area contributed by atoms with E-state index in [1.807, 2.05) is 38.1 Å². The summed E-state index contributed by atoms with van der Waals surface area (Å²) in [7, 11) is 1.62. The van der Waals surface area contributed by atoms with Gasteiger partial charge in [0.1, 0.15) is 17.6 Å². The quantitative estimate of drug-likeness (QED) is 0.775. The standard InChI is InChI=1S/C14H18N2O4/c1-4-18-10(2)14-15-13(20-16-14)9-19-12-7-5-11(17-3)6-8-12/h5-8,10H,4,9H2,1-3H3/t10-/m0/s1. The Morgan fingerprint density at radius 3 is 2.55 bits per heavy atom. The van der Waals surface area contributed by atoms with Crippen LogP contribution in [0.2, 0.25) is 0 Å². The molecule has 0 amide bonds. The number of methoxy groups -OCH3 is 1. The van der Waals surface area contributed by atoms with Crippen molar-refractivity contribution in [3.63, 3.8) is 0 Å². The number of nitrogens with zero attached hydrogens (tertiary/aromatic N) is 2. The minimum atomic E-state index is -0.182. The summed E-state index contributed by atoms with van der Waals surface area (Å²) in [5.74, 6) is 2.44. The zero-order valence-electron chi connectivity index (χ0n) is 11.8. The van der Waals surface area contributed by atoms with Gasteiger partial charge < -0.3 is 18.7 Å². The van der Waals surface area contributed by atoms with Crippen LogP contribution in [0.15, 0.2) is 28.8 Å². The molecule has 2 aromatic rings. The van der Waals surface area contributed by atoms with Crippen LogP contribution in [0.4, 0.5) is 0 Å². The molecule has 6 nitrogen and oxygen atoms in total. The first kappa shape index (κ1) is 14.3. The van der Waals surface area contributed by atoms with Crippen LogP contribution < -0.4 is 9.47 Å². The average molecular weight is 278 g/mol. The van der Waals surface area contributed by atoms with E-state index in [1.54, 1.807) is 7.11 Å². The van der Waals surface area contributed by atoms with Gasteiger partial charge in [-0.05, 0) is 38.1 Å². The molecule has 0 saturated heterocycles. The van der Waals surface area contributed by atoms with Crippen molar-refractivity contribution in [3.05, 3.63) is 36.0 Å². The van der Waals surface area contributed by atoms with E-state index in [4.69, 9.17) is 18.7 Å². The van der Waals surface area contributed by atoms with Crippen molar-refractivity contribution in [2.75, 3.05) is 13.7 Å². The molecule has 1 aromatic carbocycles. The second-order valence-corrected chi connectivity index (χ2v) is 4.11. The van der Waals surface area contributed by atoms with E-state index >= 15 is 0 Å². The molecule has 2 rings (SSSR count). The molecular weight excluding hydrogens is 260 g/mol. The third-order valence-corrected chi connectivity index (χ3v) is 2.69. The molecular formula is C14H18N2O4. The first-order chi connectivity index (χ1) is 9.72. The Kier molecular flexibility index (Phi) is 4.95. The molecule has 0 fully saturated rings. The number of hydrogen-bond donors (Lipinski definition) is 0. The van der Waals surface area contributed by atoms with E-state index < -0.39 is 0 Å². The molecule has 20 heavy (non-hydrogen) atoms. The lowest BCUT2D eigenvalue weighted by molar-refractivity contribution is 0.0683. The number of ether oxygens (including phenoxy) is 3. The topological polar surface area (TPSA) is 66.6 Å². The first-order valence-electron chi connectivity index (χ1n) is 6.44. The molecule has 6 heteroatoms. The monoisotopic (exact) mass is 278 g/mol. The fourth-order valence-corrected chi connectivity index (χ4v) is 1.63. The van der Waals surface area contributed by atoms with E-state index in [1.165, 1.54) is 0 Å². The van der Waals surface area contributed by atoms with Gasteiger partial charge in [-0.2, -0.15) is 4.98 Å². The van der Waals surface area contributed by atoms with Crippen molar-refractivity contribution in [1.82, 2.24) is 10.1 Å². The van der Waals surface area contributed by atoms with E-state index in [9.17, 15) is 0 Å². The molecule has 1 aromatic heterocycles. The summed E-state index contributed by atoms with van der Waals surface area (Å²) in [5, 5.41) is 3.86. The lowest BCUT2D eigenvalue weighted by Crippen LogP contribution is -2.02.